The Morgan fingerprint density at radius 2 is 1.95 bits per heavy atom. The van der Waals surface area contributed by atoms with Crippen molar-refractivity contribution in [2.75, 3.05) is 13.1 Å². The maximum absolute atomic E-state index is 11.7. The van der Waals surface area contributed by atoms with Gasteiger partial charge in [0.2, 0.25) is 5.91 Å². The lowest BCUT2D eigenvalue weighted by molar-refractivity contribution is -0.116. The first-order valence-electron chi connectivity index (χ1n) is 7.90. The van der Waals surface area contributed by atoms with Gasteiger partial charge in [-0.05, 0) is 37.0 Å². The van der Waals surface area contributed by atoms with Gasteiger partial charge in [0.15, 0.2) is 0 Å². The Hall–Kier alpha value is -2.17. The molecular weight excluding hydrogens is 278 g/mol. The summed E-state index contributed by atoms with van der Waals surface area (Å²) in [4.78, 5) is 27.3. The number of amides is 2. The Balaban J connectivity index is 1.60. The molecule has 5 nitrogen and oxygen atoms in total. The van der Waals surface area contributed by atoms with E-state index >= 15 is 0 Å². The molecule has 2 rings (SSSR count). The van der Waals surface area contributed by atoms with Gasteiger partial charge in [0, 0.05) is 25.5 Å². The lowest BCUT2D eigenvalue weighted by Gasteiger charge is -2.17. The average Bonchev–Trinajstić information content (AvgIpc) is 2.58. The van der Waals surface area contributed by atoms with Gasteiger partial charge < -0.3 is 10.6 Å². The lowest BCUT2D eigenvalue weighted by atomic mass is 9.89. The van der Waals surface area contributed by atoms with Crippen LogP contribution in [0, 0.1) is 5.92 Å². The van der Waals surface area contributed by atoms with Crippen molar-refractivity contribution in [3.63, 3.8) is 0 Å². The molecule has 2 amide bonds. The summed E-state index contributed by atoms with van der Waals surface area (Å²) in [6, 6.07) is 3.42. The van der Waals surface area contributed by atoms with Crippen LogP contribution in [0.25, 0.3) is 0 Å². The largest absolute Gasteiger partial charge is 0.351 e. The minimum absolute atomic E-state index is 0.0961. The molecule has 118 valence electrons. The summed E-state index contributed by atoms with van der Waals surface area (Å²) in [6.07, 6.45) is 13.0. The molecule has 1 heterocycles. The number of nitrogens with zero attached hydrogens (tertiary/aromatic N) is 1. The van der Waals surface area contributed by atoms with Crippen molar-refractivity contribution in [3.8, 4) is 0 Å². The Morgan fingerprint density at radius 3 is 2.68 bits per heavy atom. The summed E-state index contributed by atoms with van der Waals surface area (Å²) in [6.45, 7) is 0.816. The second-order valence-electron chi connectivity index (χ2n) is 5.55. The average molecular weight is 301 g/mol. The number of rotatable bonds is 6. The van der Waals surface area contributed by atoms with Crippen LogP contribution in [-0.4, -0.2) is 29.9 Å². The van der Waals surface area contributed by atoms with Crippen LogP contribution in [0.3, 0.4) is 0 Å². The van der Waals surface area contributed by atoms with Crippen LogP contribution < -0.4 is 10.6 Å². The number of pyridine rings is 1. The van der Waals surface area contributed by atoms with Crippen molar-refractivity contribution in [1.82, 2.24) is 15.6 Å². The molecule has 1 aromatic heterocycles. The monoisotopic (exact) mass is 301 g/mol. The van der Waals surface area contributed by atoms with E-state index in [2.05, 4.69) is 15.6 Å². The van der Waals surface area contributed by atoms with Crippen molar-refractivity contribution >= 4 is 11.8 Å². The van der Waals surface area contributed by atoms with Crippen LogP contribution in [0.4, 0.5) is 0 Å². The van der Waals surface area contributed by atoms with Gasteiger partial charge in [-0.2, -0.15) is 0 Å². The zero-order chi connectivity index (χ0) is 15.6. The van der Waals surface area contributed by atoms with E-state index in [1.165, 1.54) is 38.3 Å². The van der Waals surface area contributed by atoms with Crippen molar-refractivity contribution in [2.45, 2.75) is 32.1 Å². The number of carbonyl (C=O) groups is 2. The molecule has 1 aromatic rings. The Kier molecular flexibility index (Phi) is 6.61. The van der Waals surface area contributed by atoms with Gasteiger partial charge in [-0.3, -0.25) is 14.6 Å². The van der Waals surface area contributed by atoms with Crippen LogP contribution in [0.1, 0.15) is 42.5 Å². The predicted molar refractivity (Wildman–Crippen MR) is 85.3 cm³/mol. The van der Waals surface area contributed by atoms with Crippen molar-refractivity contribution in [2.24, 2.45) is 5.92 Å². The minimum atomic E-state index is -0.180. The second kappa shape index (κ2) is 8.97. The molecule has 1 fully saturated rings. The molecule has 0 aliphatic heterocycles. The molecule has 0 saturated heterocycles. The van der Waals surface area contributed by atoms with Gasteiger partial charge in [-0.25, -0.2) is 0 Å². The standard InChI is InChI=1S/C17H23N3O2/c21-16(9-8-14-5-2-1-3-6-14)19-11-12-20-17(22)15-7-4-10-18-13-15/h4,7-10,13-14H,1-3,5-6,11-12H2,(H,19,21)(H,20,22)/b9-8+. The third-order valence-corrected chi connectivity index (χ3v) is 3.80. The van der Waals surface area contributed by atoms with Crippen molar-refractivity contribution < 1.29 is 9.59 Å². The predicted octanol–water partition coefficient (Wildman–Crippen LogP) is 2.06. The van der Waals surface area contributed by atoms with Gasteiger partial charge >= 0.3 is 0 Å². The van der Waals surface area contributed by atoms with E-state index in [9.17, 15) is 9.59 Å². The van der Waals surface area contributed by atoms with Gasteiger partial charge in [0.05, 0.1) is 5.56 Å². The highest BCUT2D eigenvalue weighted by Gasteiger charge is 2.10. The molecule has 0 radical (unpaired) electrons. The Morgan fingerprint density at radius 1 is 1.18 bits per heavy atom. The summed E-state index contributed by atoms with van der Waals surface area (Å²) >= 11 is 0. The van der Waals surface area contributed by atoms with Crippen LogP contribution in [0.2, 0.25) is 0 Å². The van der Waals surface area contributed by atoms with Gasteiger partial charge in [0.25, 0.3) is 5.91 Å². The molecular formula is C17H23N3O2. The van der Waals surface area contributed by atoms with Gasteiger partial charge in [0.1, 0.15) is 0 Å². The molecule has 1 aliphatic carbocycles. The van der Waals surface area contributed by atoms with Gasteiger partial charge in [-0.15, -0.1) is 0 Å². The molecule has 0 unspecified atom stereocenters. The normalized spacial score (nSPS) is 15.6. The fraction of sp³-hybridized carbons (Fsp3) is 0.471. The maximum atomic E-state index is 11.7. The first-order chi connectivity index (χ1) is 10.8. The number of carbonyl (C=O) groups excluding carboxylic acids is 2. The third-order valence-electron chi connectivity index (χ3n) is 3.80. The molecule has 22 heavy (non-hydrogen) atoms. The highest BCUT2D eigenvalue weighted by Crippen LogP contribution is 2.24. The number of nitrogens with one attached hydrogen (secondary N) is 2. The fourth-order valence-corrected chi connectivity index (χ4v) is 2.57. The van der Waals surface area contributed by atoms with E-state index in [4.69, 9.17) is 0 Å². The second-order valence-corrected chi connectivity index (χ2v) is 5.55. The Labute approximate surface area is 131 Å². The van der Waals surface area contributed by atoms with Crippen LogP contribution in [0.5, 0.6) is 0 Å². The summed E-state index contributed by atoms with van der Waals surface area (Å²) in [5.41, 5.74) is 0.519. The first kappa shape index (κ1) is 16.2. The molecule has 1 aliphatic rings. The molecule has 0 aromatic carbocycles. The number of hydrogen-bond acceptors (Lipinski definition) is 3. The maximum Gasteiger partial charge on any atom is 0.252 e. The van der Waals surface area contributed by atoms with E-state index in [1.54, 1.807) is 24.4 Å². The summed E-state index contributed by atoms with van der Waals surface area (Å²) in [7, 11) is 0. The van der Waals surface area contributed by atoms with E-state index in [0.717, 1.165) is 0 Å². The number of allylic oxidation sites excluding steroid dienone is 1. The van der Waals surface area contributed by atoms with E-state index in [1.807, 2.05) is 6.08 Å². The number of hydrogen-bond donors (Lipinski definition) is 2. The highest BCUT2D eigenvalue weighted by atomic mass is 16.2. The highest BCUT2D eigenvalue weighted by molar-refractivity contribution is 5.93. The van der Waals surface area contributed by atoms with Crippen LogP contribution in [0.15, 0.2) is 36.7 Å². The SMILES string of the molecule is O=C(/C=C/C1CCCCC1)NCCNC(=O)c1cccnc1. The van der Waals surface area contributed by atoms with Crippen LogP contribution in [-0.2, 0) is 4.79 Å². The van der Waals surface area contributed by atoms with Crippen molar-refractivity contribution in [1.29, 1.82) is 0 Å². The summed E-state index contributed by atoms with van der Waals surface area (Å²) < 4.78 is 0. The van der Waals surface area contributed by atoms with E-state index in [-0.39, 0.29) is 11.8 Å². The van der Waals surface area contributed by atoms with Crippen molar-refractivity contribution in [3.05, 3.63) is 42.2 Å². The molecule has 5 heteroatoms. The molecule has 0 spiro atoms. The fourth-order valence-electron chi connectivity index (χ4n) is 2.57. The third kappa shape index (κ3) is 5.68. The first-order valence-corrected chi connectivity index (χ1v) is 7.90. The molecule has 1 saturated carbocycles. The summed E-state index contributed by atoms with van der Waals surface area (Å²) in [5, 5.41) is 5.52. The minimum Gasteiger partial charge on any atom is -0.351 e. The number of aromatic nitrogens is 1. The lowest BCUT2D eigenvalue weighted by Crippen LogP contribution is -2.34. The molecule has 0 bridgehead atoms. The molecule has 2 N–H and O–H groups in total. The van der Waals surface area contributed by atoms with E-state index < -0.39 is 0 Å². The van der Waals surface area contributed by atoms with Gasteiger partial charge in [-0.1, -0.05) is 25.3 Å². The molecule has 0 atom stereocenters. The van der Waals surface area contributed by atoms with E-state index in [0.29, 0.717) is 24.6 Å². The zero-order valence-corrected chi connectivity index (χ0v) is 12.8. The quantitative estimate of drug-likeness (QED) is 0.624. The van der Waals surface area contributed by atoms with Crippen LogP contribution >= 0.6 is 0 Å². The topological polar surface area (TPSA) is 71.1 Å². The smallest absolute Gasteiger partial charge is 0.252 e. The zero-order valence-electron chi connectivity index (χ0n) is 12.8. The Bertz CT molecular complexity index is 508. The summed E-state index contributed by atoms with van der Waals surface area (Å²) in [5.74, 6) is 0.270.